The van der Waals surface area contributed by atoms with Crippen LogP contribution in [0, 0.1) is 6.92 Å². The van der Waals surface area contributed by atoms with Gasteiger partial charge in [-0.1, -0.05) is 17.7 Å². The summed E-state index contributed by atoms with van der Waals surface area (Å²) in [4.78, 5) is 4.52. The number of fused-ring (bicyclic) bond motifs is 1. The molecule has 7 heteroatoms. The van der Waals surface area contributed by atoms with Crippen molar-refractivity contribution in [1.29, 1.82) is 0 Å². The number of hydrogen-bond donors (Lipinski definition) is 1. The van der Waals surface area contributed by atoms with Crippen molar-refractivity contribution in [3.05, 3.63) is 46.7 Å². The molecule has 1 aromatic carbocycles. The average Bonchev–Trinajstić information content (AvgIpc) is 2.86. The van der Waals surface area contributed by atoms with Gasteiger partial charge in [0.2, 0.25) is 9.84 Å². The third kappa shape index (κ3) is 2.03. The predicted molar refractivity (Wildman–Crippen MR) is 78.2 cm³/mol. The minimum Gasteiger partial charge on any atom is -0.275 e. The van der Waals surface area contributed by atoms with Gasteiger partial charge in [-0.3, -0.25) is 10.1 Å². The molecule has 2 aromatic heterocycles. The molecule has 0 fully saturated rings. The van der Waals surface area contributed by atoms with Gasteiger partial charge in [0.15, 0.2) is 0 Å². The summed E-state index contributed by atoms with van der Waals surface area (Å²) >= 11 is 3.26. The summed E-state index contributed by atoms with van der Waals surface area (Å²) in [5, 5.41) is 6.55. The Morgan fingerprint density at radius 1 is 1.15 bits per heavy atom. The van der Waals surface area contributed by atoms with E-state index in [9.17, 15) is 8.42 Å². The lowest BCUT2D eigenvalue weighted by Gasteiger charge is -2.08. The number of nitrogens with one attached hydrogen (secondary N) is 1. The molecule has 0 aliphatic rings. The molecule has 0 atom stereocenters. The number of nitrogens with zero attached hydrogens (tertiary/aromatic N) is 2. The standard InChI is InChI=1S/C13H10BrN3O2S/c1-8-2-4-9(5-3-8)20(18,19)13-10(14)6-15-11-7-16-17-12(11)13/h2-7H,1H3,(H,16,17). The number of halogens is 1. The molecular formula is C13H10BrN3O2S. The highest BCUT2D eigenvalue weighted by atomic mass is 79.9. The smallest absolute Gasteiger partial charge is 0.209 e. The van der Waals surface area contributed by atoms with Gasteiger partial charge >= 0.3 is 0 Å². The molecule has 3 rings (SSSR count). The Bertz CT molecular complexity index is 886. The molecule has 0 spiro atoms. The average molecular weight is 352 g/mol. The Labute approximate surface area is 124 Å². The zero-order valence-corrected chi connectivity index (χ0v) is 12.9. The fraction of sp³-hybridized carbons (Fsp3) is 0.0769. The number of H-pyrrole nitrogens is 1. The Balaban J connectivity index is 2.31. The van der Waals surface area contributed by atoms with E-state index in [4.69, 9.17) is 0 Å². The van der Waals surface area contributed by atoms with Crippen LogP contribution in [-0.2, 0) is 9.84 Å². The Hall–Kier alpha value is -1.73. The van der Waals surface area contributed by atoms with Crippen molar-refractivity contribution in [3.8, 4) is 0 Å². The summed E-state index contributed by atoms with van der Waals surface area (Å²) in [6.45, 7) is 1.91. The number of pyridine rings is 1. The normalized spacial score (nSPS) is 11.9. The number of hydrogen-bond acceptors (Lipinski definition) is 4. The van der Waals surface area contributed by atoms with Gasteiger partial charge in [0, 0.05) is 6.20 Å². The SMILES string of the molecule is Cc1ccc(S(=O)(=O)c2c(Br)cnc3cn[nH]c23)cc1. The zero-order chi connectivity index (χ0) is 14.3. The van der Waals surface area contributed by atoms with Crippen LogP contribution in [0.2, 0.25) is 0 Å². The van der Waals surface area contributed by atoms with Gasteiger partial charge in [0.05, 0.1) is 15.6 Å². The number of benzene rings is 1. The zero-order valence-electron chi connectivity index (χ0n) is 10.5. The van der Waals surface area contributed by atoms with Crippen LogP contribution >= 0.6 is 15.9 Å². The molecule has 0 amide bonds. The Kier molecular flexibility index (Phi) is 3.10. The topological polar surface area (TPSA) is 75.7 Å². The first kappa shape index (κ1) is 13.3. The number of aromatic nitrogens is 3. The van der Waals surface area contributed by atoms with Gasteiger partial charge in [-0.2, -0.15) is 5.10 Å². The van der Waals surface area contributed by atoms with Crippen molar-refractivity contribution in [2.24, 2.45) is 0 Å². The highest BCUT2D eigenvalue weighted by Gasteiger charge is 2.24. The number of aryl methyl sites for hydroxylation is 1. The molecule has 5 nitrogen and oxygen atoms in total. The van der Waals surface area contributed by atoms with E-state index >= 15 is 0 Å². The van der Waals surface area contributed by atoms with Crippen LogP contribution in [0.25, 0.3) is 11.0 Å². The van der Waals surface area contributed by atoms with Gasteiger partial charge in [-0.25, -0.2) is 8.42 Å². The predicted octanol–water partition coefficient (Wildman–Crippen LogP) is 2.86. The minimum absolute atomic E-state index is 0.156. The molecule has 0 saturated carbocycles. The van der Waals surface area contributed by atoms with Gasteiger partial charge in [-0.15, -0.1) is 0 Å². The van der Waals surface area contributed by atoms with Crippen molar-refractivity contribution in [1.82, 2.24) is 15.2 Å². The summed E-state index contributed by atoms with van der Waals surface area (Å²) < 4.78 is 26.0. The van der Waals surface area contributed by atoms with Crippen LogP contribution in [0.4, 0.5) is 0 Å². The molecule has 0 radical (unpaired) electrons. The molecule has 0 unspecified atom stereocenters. The lowest BCUT2D eigenvalue weighted by molar-refractivity contribution is 0.596. The maximum Gasteiger partial charge on any atom is 0.209 e. The maximum atomic E-state index is 12.8. The van der Waals surface area contributed by atoms with E-state index in [1.54, 1.807) is 24.3 Å². The van der Waals surface area contributed by atoms with Gasteiger partial charge in [0.1, 0.15) is 15.9 Å². The van der Waals surface area contributed by atoms with E-state index in [1.165, 1.54) is 12.4 Å². The Morgan fingerprint density at radius 2 is 1.85 bits per heavy atom. The molecule has 20 heavy (non-hydrogen) atoms. The molecule has 2 heterocycles. The molecule has 0 saturated heterocycles. The number of aromatic amines is 1. The molecule has 0 aliphatic carbocycles. The second-order valence-corrected chi connectivity index (χ2v) is 7.12. The highest BCUT2D eigenvalue weighted by molar-refractivity contribution is 9.10. The van der Waals surface area contributed by atoms with E-state index in [0.29, 0.717) is 15.5 Å². The molecule has 102 valence electrons. The van der Waals surface area contributed by atoms with Crippen molar-refractivity contribution >= 4 is 36.8 Å². The molecular weight excluding hydrogens is 342 g/mol. The van der Waals surface area contributed by atoms with Gasteiger partial charge in [-0.05, 0) is 35.0 Å². The van der Waals surface area contributed by atoms with E-state index in [2.05, 4.69) is 31.1 Å². The third-order valence-corrected chi connectivity index (χ3v) is 5.70. The number of rotatable bonds is 2. The molecule has 0 bridgehead atoms. The van der Waals surface area contributed by atoms with Crippen LogP contribution in [0.5, 0.6) is 0 Å². The minimum atomic E-state index is -3.64. The van der Waals surface area contributed by atoms with Crippen LogP contribution in [-0.4, -0.2) is 23.6 Å². The fourth-order valence-electron chi connectivity index (χ4n) is 1.95. The molecule has 1 N–H and O–H groups in total. The lowest BCUT2D eigenvalue weighted by Crippen LogP contribution is -2.04. The van der Waals surface area contributed by atoms with Gasteiger partial charge < -0.3 is 0 Å². The first-order valence-corrected chi connectivity index (χ1v) is 8.07. The van der Waals surface area contributed by atoms with Crippen molar-refractivity contribution in [2.45, 2.75) is 16.7 Å². The van der Waals surface area contributed by atoms with Crippen LogP contribution in [0.15, 0.2) is 50.9 Å². The van der Waals surface area contributed by atoms with Crippen molar-refractivity contribution in [3.63, 3.8) is 0 Å². The third-order valence-electron chi connectivity index (χ3n) is 2.98. The van der Waals surface area contributed by atoms with Crippen LogP contribution in [0.3, 0.4) is 0 Å². The summed E-state index contributed by atoms with van der Waals surface area (Å²) in [6, 6.07) is 6.73. The summed E-state index contributed by atoms with van der Waals surface area (Å²) in [5.74, 6) is 0. The van der Waals surface area contributed by atoms with E-state index in [-0.39, 0.29) is 9.79 Å². The lowest BCUT2D eigenvalue weighted by atomic mass is 10.2. The second kappa shape index (κ2) is 4.68. The first-order valence-electron chi connectivity index (χ1n) is 5.79. The largest absolute Gasteiger partial charge is 0.275 e. The van der Waals surface area contributed by atoms with Crippen LogP contribution < -0.4 is 0 Å². The molecule has 3 aromatic rings. The molecule has 0 aliphatic heterocycles. The van der Waals surface area contributed by atoms with E-state index in [0.717, 1.165) is 5.56 Å². The first-order chi connectivity index (χ1) is 9.50. The fourth-order valence-corrected chi connectivity index (χ4v) is 4.35. The number of sulfone groups is 1. The van der Waals surface area contributed by atoms with Gasteiger partial charge in [0.25, 0.3) is 0 Å². The quantitative estimate of drug-likeness (QED) is 0.770. The van der Waals surface area contributed by atoms with E-state index in [1.807, 2.05) is 6.92 Å². The second-order valence-electron chi connectivity index (χ2n) is 4.38. The van der Waals surface area contributed by atoms with Crippen molar-refractivity contribution < 1.29 is 8.42 Å². The van der Waals surface area contributed by atoms with Crippen LogP contribution in [0.1, 0.15) is 5.56 Å². The summed E-state index contributed by atoms with van der Waals surface area (Å²) in [5.41, 5.74) is 1.92. The maximum absolute atomic E-state index is 12.8. The highest BCUT2D eigenvalue weighted by Crippen LogP contribution is 2.32. The summed E-state index contributed by atoms with van der Waals surface area (Å²) in [7, 11) is -3.64. The summed E-state index contributed by atoms with van der Waals surface area (Å²) in [6.07, 6.45) is 2.97. The monoisotopic (exact) mass is 351 g/mol. The van der Waals surface area contributed by atoms with E-state index < -0.39 is 9.84 Å². The Morgan fingerprint density at radius 3 is 2.55 bits per heavy atom. The van der Waals surface area contributed by atoms with Crippen molar-refractivity contribution in [2.75, 3.05) is 0 Å².